The smallest absolute Gasteiger partial charge is 0.192 e. The fourth-order valence-corrected chi connectivity index (χ4v) is 11.9. The average Bonchev–Trinajstić information content (AvgIpc) is 3.21. The van der Waals surface area contributed by atoms with Crippen LogP contribution in [0, 0.1) is 23.7 Å². The van der Waals surface area contributed by atoms with Gasteiger partial charge in [0.05, 0.1) is 24.9 Å². The van der Waals surface area contributed by atoms with Gasteiger partial charge in [0.2, 0.25) is 0 Å². The Morgan fingerprint density at radius 1 is 0.516 bits per heavy atom. The molecular formula is C56H92O5Si3. The van der Waals surface area contributed by atoms with E-state index in [1.54, 1.807) is 0 Å². The Hall–Kier alpha value is -2.41. The summed E-state index contributed by atoms with van der Waals surface area (Å²) in [5, 5.41) is 10.2. The van der Waals surface area contributed by atoms with Crippen LogP contribution in [-0.4, -0.2) is 61.6 Å². The van der Waals surface area contributed by atoms with Crippen LogP contribution < -0.4 is 0 Å². The molecule has 0 aliphatic heterocycles. The molecule has 3 aromatic carbocycles. The fraction of sp³-hybridized carbons (Fsp3) is 0.607. The van der Waals surface area contributed by atoms with Gasteiger partial charge in [-0.1, -0.05) is 205 Å². The zero-order valence-electron chi connectivity index (χ0n) is 43.9. The van der Waals surface area contributed by atoms with Gasteiger partial charge < -0.3 is 23.1 Å². The topological polar surface area (TPSA) is 57.2 Å². The summed E-state index contributed by atoms with van der Waals surface area (Å²) in [5.41, 5.74) is 2.48. The molecule has 0 heterocycles. The summed E-state index contributed by atoms with van der Waals surface area (Å²) in [7, 11) is -6.52. The molecule has 8 heteroatoms. The number of aliphatic hydroxyl groups is 1. The van der Waals surface area contributed by atoms with Crippen molar-refractivity contribution in [2.75, 3.05) is 13.2 Å². The zero-order chi connectivity index (χ0) is 48.4. The molecule has 0 radical (unpaired) electrons. The fourth-order valence-electron chi connectivity index (χ4n) is 7.72. The summed E-state index contributed by atoms with van der Waals surface area (Å²) >= 11 is 0. The summed E-state index contributed by atoms with van der Waals surface area (Å²) in [4.78, 5) is 0. The summed E-state index contributed by atoms with van der Waals surface area (Å²) in [6, 6.07) is 31.8. The molecule has 3 aromatic rings. The third-order valence-electron chi connectivity index (χ3n) is 15.0. The van der Waals surface area contributed by atoms with Crippen LogP contribution in [0.5, 0.6) is 0 Å². The van der Waals surface area contributed by atoms with Gasteiger partial charge in [0, 0.05) is 13.0 Å². The number of ether oxygens (including phenoxy) is 1. The highest BCUT2D eigenvalue weighted by atomic mass is 28.4. The molecule has 0 spiro atoms. The van der Waals surface area contributed by atoms with Gasteiger partial charge in [-0.25, -0.2) is 0 Å². The number of hydrogen-bond donors (Lipinski definition) is 1. The standard InChI is InChI=1S/C56H92O5Si3/c1-43(42-57)40-46(4)52(61-64(18,19)55(11,12)13)45(3)37-38-50(59-62(14,15)53(5,6)7)41-51(60-63(16,17)54(8,9)10)44(2)30-29-39-58-56(47-31-23-20-24-32-47,48-33-25-21-26-34-48)49-35-27-22-28-36-49/h20-38,43-46,50-52,57H,39-42H2,1-19H3/t43-,44-,45+,46+,50-,51+,52+/m1/s1. The SMILES string of the molecule is C[C@@H](CO)C[C@H](C)[C@@H](O[Si](C)(C)C(C)(C)C)[C@@H](C)C=C[C@H](C[C@H](O[Si](C)(C)C(C)(C)C)[C@H](C)C=CCOC(c1ccccc1)(c1ccccc1)c1ccccc1)O[Si](C)(C)C(C)(C)C. The maximum absolute atomic E-state index is 10.0. The van der Waals surface area contributed by atoms with Crippen LogP contribution in [0.1, 0.15) is 120 Å². The minimum Gasteiger partial charge on any atom is -0.413 e. The lowest BCUT2D eigenvalue weighted by Crippen LogP contribution is -2.48. The first-order valence-electron chi connectivity index (χ1n) is 24.3. The quantitative estimate of drug-likeness (QED) is 0.0583. The van der Waals surface area contributed by atoms with Crippen molar-refractivity contribution in [2.45, 2.75) is 181 Å². The molecule has 1 N–H and O–H groups in total. The van der Waals surface area contributed by atoms with Gasteiger partial charge in [0.1, 0.15) is 5.60 Å². The van der Waals surface area contributed by atoms with E-state index in [-0.39, 0.29) is 63.7 Å². The van der Waals surface area contributed by atoms with E-state index in [1.807, 2.05) is 0 Å². The molecule has 3 rings (SSSR count). The third kappa shape index (κ3) is 15.0. The molecular weight excluding hydrogens is 837 g/mol. The molecule has 0 unspecified atom stereocenters. The van der Waals surface area contributed by atoms with Crippen molar-refractivity contribution in [1.29, 1.82) is 0 Å². The summed E-state index contributed by atoms with van der Waals surface area (Å²) in [6.45, 7) is 44.7. The molecule has 0 saturated carbocycles. The van der Waals surface area contributed by atoms with Gasteiger partial charge in [-0.3, -0.25) is 0 Å². The Morgan fingerprint density at radius 2 is 0.922 bits per heavy atom. The zero-order valence-corrected chi connectivity index (χ0v) is 46.9. The largest absolute Gasteiger partial charge is 0.413 e. The van der Waals surface area contributed by atoms with Crippen molar-refractivity contribution in [1.82, 2.24) is 0 Å². The van der Waals surface area contributed by atoms with Crippen LogP contribution >= 0.6 is 0 Å². The third-order valence-corrected chi connectivity index (χ3v) is 28.4. The van der Waals surface area contributed by atoms with Crippen molar-refractivity contribution in [3.63, 3.8) is 0 Å². The second kappa shape index (κ2) is 23.1. The van der Waals surface area contributed by atoms with Crippen LogP contribution in [-0.2, 0) is 23.6 Å². The summed E-state index contributed by atoms with van der Waals surface area (Å²) < 4.78 is 29.3. The van der Waals surface area contributed by atoms with E-state index in [1.165, 1.54) is 0 Å². The lowest BCUT2D eigenvalue weighted by atomic mass is 9.80. The maximum Gasteiger partial charge on any atom is 0.192 e. The first-order valence-corrected chi connectivity index (χ1v) is 33.0. The molecule has 64 heavy (non-hydrogen) atoms. The molecule has 0 bridgehead atoms. The van der Waals surface area contributed by atoms with E-state index in [2.05, 4.69) is 245 Å². The molecule has 0 aliphatic carbocycles. The minimum atomic E-state index is -2.21. The van der Waals surface area contributed by atoms with Crippen LogP contribution in [0.4, 0.5) is 0 Å². The van der Waals surface area contributed by atoms with E-state index in [0.29, 0.717) is 6.61 Å². The van der Waals surface area contributed by atoms with Gasteiger partial charge in [-0.05, 0) is 101 Å². The van der Waals surface area contributed by atoms with E-state index >= 15 is 0 Å². The molecule has 0 saturated heterocycles. The van der Waals surface area contributed by atoms with Crippen LogP contribution in [0.2, 0.25) is 54.4 Å². The maximum atomic E-state index is 10.0. The normalized spacial score (nSPS) is 17.3. The molecule has 7 atom stereocenters. The molecule has 358 valence electrons. The Bertz CT molecular complexity index is 1760. The average molecular weight is 930 g/mol. The Kier molecular flexibility index (Phi) is 20.1. The van der Waals surface area contributed by atoms with Crippen molar-refractivity contribution in [2.24, 2.45) is 23.7 Å². The van der Waals surface area contributed by atoms with E-state index in [4.69, 9.17) is 18.0 Å². The predicted molar refractivity (Wildman–Crippen MR) is 283 cm³/mol. The van der Waals surface area contributed by atoms with Gasteiger partial charge in [0.15, 0.2) is 25.0 Å². The molecule has 5 nitrogen and oxygen atoms in total. The second-order valence-electron chi connectivity index (χ2n) is 23.5. The van der Waals surface area contributed by atoms with E-state index in [9.17, 15) is 5.11 Å². The highest BCUT2D eigenvalue weighted by Gasteiger charge is 2.44. The van der Waals surface area contributed by atoms with E-state index < -0.39 is 30.6 Å². The Balaban J connectivity index is 2.09. The first kappa shape index (κ1) is 55.9. The van der Waals surface area contributed by atoms with Crippen molar-refractivity contribution in [3.05, 3.63) is 132 Å². The molecule has 0 aliphatic rings. The second-order valence-corrected chi connectivity index (χ2v) is 37.8. The molecule has 0 amide bonds. The minimum absolute atomic E-state index is 0.0237. The van der Waals surface area contributed by atoms with Crippen molar-refractivity contribution < 1.29 is 23.1 Å². The highest BCUT2D eigenvalue weighted by molar-refractivity contribution is 6.75. The predicted octanol–water partition coefficient (Wildman–Crippen LogP) is 15.6. The Morgan fingerprint density at radius 3 is 1.33 bits per heavy atom. The lowest BCUT2D eigenvalue weighted by molar-refractivity contribution is 0.0314. The van der Waals surface area contributed by atoms with Gasteiger partial charge in [0.25, 0.3) is 0 Å². The van der Waals surface area contributed by atoms with Gasteiger partial charge >= 0.3 is 0 Å². The van der Waals surface area contributed by atoms with Crippen LogP contribution in [0.25, 0.3) is 0 Å². The molecule has 0 fully saturated rings. The number of hydrogen-bond acceptors (Lipinski definition) is 5. The van der Waals surface area contributed by atoms with Crippen molar-refractivity contribution >= 4 is 25.0 Å². The number of rotatable bonds is 23. The molecule has 0 aromatic heterocycles. The number of benzene rings is 3. The number of aliphatic hydroxyl groups excluding tert-OH is 1. The van der Waals surface area contributed by atoms with Gasteiger partial charge in [-0.15, -0.1) is 0 Å². The Labute approximate surface area is 396 Å². The summed E-state index contributed by atoms with van der Waals surface area (Å²) in [6.07, 6.45) is 10.7. The van der Waals surface area contributed by atoms with Gasteiger partial charge in [-0.2, -0.15) is 0 Å². The lowest BCUT2D eigenvalue weighted by Gasteiger charge is -2.44. The first-order chi connectivity index (χ1) is 29.5. The summed E-state index contributed by atoms with van der Waals surface area (Å²) in [5.74, 6) is 0.727. The van der Waals surface area contributed by atoms with E-state index in [0.717, 1.165) is 29.5 Å². The van der Waals surface area contributed by atoms with Crippen LogP contribution in [0.15, 0.2) is 115 Å². The van der Waals surface area contributed by atoms with Crippen molar-refractivity contribution in [3.8, 4) is 0 Å². The highest BCUT2D eigenvalue weighted by Crippen LogP contribution is 2.44. The van der Waals surface area contributed by atoms with Crippen LogP contribution in [0.3, 0.4) is 0 Å². The monoisotopic (exact) mass is 929 g/mol.